The monoisotopic (exact) mass is 365 g/mol. The second-order valence-electron chi connectivity index (χ2n) is 4.97. The molecule has 0 bridgehead atoms. The van der Waals surface area contributed by atoms with E-state index in [0.717, 1.165) is 22.0 Å². The summed E-state index contributed by atoms with van der Waals surface area (Å²) in [5.74, 6) is 0.0439. The molecule has 0 aromatic heterocycles. The van der Waals surface area contributed by atoms with Crippen LogP contribution in [0.5, 0.6) is 0 Å². The van der Waals surface area contributed by atoms with Crippen molar-refractivity contribution in [1.82, 2.24) is 5.32 Å². The Kier molecular flexibility index (Phi) is 5.83. The van der Waals surface area contributed by atoms with Crippen molar-refractivity contribution in [3.63, 3.8) is 0 Å². The molecule has 0 radical (unpaired) electrons. The molecule has 21 heavy (non-hydrogen) atoms. The zero-order chi connectivity index (χ0) is 15.2. The molecule has 0 fully saturated rings. The summed E-state index contributed by atoms with van der Waals surface area (Å²) in [6.45, 7) is 1.96. The van der Waals surface area contributed by atoms with Crippen molar-refractivity contribution in [3.05, 3.63) is 69.2 Å². The highest BCUT2D eigenvalue weighted by Gasteiger charge is 2.10. The fourth-order valence-electron chi connectivity index (χ4n) is 2.12. The first-order valence-corrected chi connectivity index (χ1v) is 8.01. The van der Waals surface area contributed by atoms with E-state index in [9.17, 15) is 4.79 Å². The maximum absolute atomic E-state index is 12.0. The van der Waals surface area contributed by atoms with E-state index in [1.54, 1.807) is 0 Å². The van der Waals surface area contributed by atoms with E-state index >= 15 is 0 Å². The molecule has 2 nitrogen and oxygen atoms in total. The van der Waals surface area contributed by atoms with Crippen molar-refractivity contribution in [2.45, 2.75) is 25.8 Å². The molecule has 110 valence electrons. The molecule has 0 saturated heterocycles. The van der Waals surface area contributed by atoms with E-state index in [1.807, 2.05) is 55.5 Å². The largest absolute Gasteiger partial charge is 0.350 e. The van der Waals surface area contributed by atoms with Gasteiger partial charge in [0.2, 0.25) is 5.91 Å². The molecule has 0 aliphatic rings. The van der Waals surface area contributed by atoms with Gasteiger partial charge in [-0.3, -0.25) is 4.79 Å². The van der Waals surface area contributed by atoms with Gasteiger partial charge in [0.15, 0.2) is 0 Å². The number of carbonyl (C=O) groups excluding carboxylic acids is 1. The number of halogens is 2. The maximum atomic E-state index is 12.0. The van der Waals surface area contributed by atoms with Crippen molar-refractivity contribution >= 4 is 33.4 Å². The third kappa shape index (κ3) is 5.18. The number of hydrogen-bond donors (Lipinski definition) is 1. The summed E-state index contributed by atoms with van der Waals surface area (Å²) in [4.78, 5) is 12.0. The van der Waals surface area contributed by atoms with Gasteiger partial charge in [-0.2, -0.15) is 0 Å². The quantitative estimate of drug-likeness (QED) is 0.800. The van der Waals surface area contributed by atoms with E-state index in [2.05, 4.69) is 21.2 Å². The number of nitrogens with one attached hydrogen (secondary N) is 1. The smallest absolute Gasteiger partial charge is 0.220 e. The molecule has 1 N–H and O–H groups in total. The van der Waals surface area contributed by atoms with Crippen LogP contribution in [0.2, 0.25) is 5.02 Å². The van der Waals surface area contributed by atoms with Gasteiger partial charge in [0.1, 0.15) is 0 Å². The summed E-state index contributed by atoms with van der Waals surface area (Å²) in [5, 5.41) is 3.68. The molecule has 0 heterocycles. The van der Waals surface area contributed by atoms with Gasteiger partial charge in [-0.05, 0) is 48.7 Å². The summed E-state index contributed by atoms with van der Waals surface area (Å²) in [6.07, 6.45) is 1.20. The predicted octanol–water partition coefficient (Wildman–Crippen LogP) is 4.91. The van der Waals surface area contributed by atoms with Crippen LogP contribution in [0.1, 0.15) is 30.5 Å². The van der Waals surface area contributed by atoms with E-state index in [1.165, 1.54) is 0 Å². The molecule has 0 saturated carbocycles. The molecule has 0 aliphatic carbocycles. The van der Waals surface area contributed by atoms with Gasteiger partial charge in [0.25, 0.3) is 0 Å². The van der Waals surface area contributed by atoms with Crippen LogP contribution in [0, 0.1) is 0 Å². The molecule has 0 spiro atoms. The van der Waals surface area contributed by atoms with Gasteiger partial charge in [-0.25, -0.2) is 0 Å². The standard InChI is InChI=1S/C17H17BrClNO/c1-12(14-5-3-7-16(19)11-14)20-17(21)9-8-13-4-2-6-15(18)10-13/h2-7,10-12H,8-9H2,1H3,(H,20,21). The average molecular weight is 367 g/mol. The lowest BCUT2D eigenvalue weighted by Gasteiger charge is -2.14. The van der Waals surface area contributed by atoms with Crippen LogP contribution >= 0.6 is 27.5 Å². The third-order valence-electron chi connectivity index (χ3n) is 3.26. The Labute approximate surface area is 138 Å². The number of carbonyl (C=O) groups is 1. The lowest BCUT2D eigenvalue weighted by Crippen LogP contribution is -2.26. The van der Waals surface area contributed by atoms with Gasteiger partial charge < -0.3 is 5.32 Å². The minimum absolute atomic E-state index is 0.0429. The lowest BCUT2D eigenvalue weighted by molar-refractivity contribution is -0.121. The number of rotatable bonds is 5. The van der Waals surface area contributed by atoms with Gasteiger partial charge in [-0.1, -0.05) is 51.8 Å². The summed E-state index contributed by atoms with van der Waals surface area (Å²) in [5.41, 5.74) is 2.16. The Morgan fingerprint density at radius 2 is 2.00 bits per heavy atom. The number of benzene rings is 2. The van der Waals surface area contributed by atoms with E-state index in [4.69, 9.17) is 11.6 Å². The molecular formula is C17H17BrClNO. The molecule has 1 amide bonds. The maximum Gasteiger partial charge on any atom is 0.220 e. The van der Waals surface area contributed by atoms with Crippen LogP contribution in [-0.4, -0.2) is 5.91 Å². The van der Waals surface area contributed by atoms with Crippen LogP contribution < -0.4 is 5.32 Å². The predicted molar refractivity (Wildman–Crippen MR) is 90.5 cm³/mol. The second-order valence-corrected chi connectivity index (χ2v) is 6.33. The van der Waals surface area contributed by atoms with Crippen LogP contribution in [-0.2, 0) is 11.2 Å². The summed E-state index contributed by atoms with van der Waals surface area (Å²) in [6, 6.07) is 15.5. The Bertz CT molecular complexity index is 630. The summed E-state index contributed by atoms with van der Waals surface area (Å²) < 4.78 is 1.03. The fourth-order valence-corrected chi connectivity index (χ4v) is 2.77. The van der Waals surface area contributed by atoms with Crippen molar-refractivity contribution < 1.29 is 4.79 Å². The lowest BCUT2D eigenvalue weighted by atomic mass is 10.1. The molecule has 2 aromatic rings. The van der Waals surface area contributed by atoms with Gasteiger partial charge >= 0.3 is 0 Å². The first-order valence-electron chi connectivity index (χ1n) is 6.84. The van der Waals surface area contributed by atoms with E-state index in [0.29, 0.717) is 11.4 Å². The van der Waals surface area contributed by atoms with Crippen molar-refractivity contribution in [2.75, 3.05) is 0 Å². The first-order chi connectivity index (χ1) is 10.0. The van der Waals surface area contributed by atoms with Gasteiger partial charge in [-0.15, -0.1) is 0 Å². The first kappa shape index (κ1) is 16.1. The minimum Gasteiger partial charge on any atom is -0.350 e. The van der Waals surface area contributed by atoms with Crippen LogP contribution in [0.4, 0.5) is 0 Å². The van der Waals surface area contributed by atoms with Crippen LogP contribution in [0.15, 0.2) is 53.0 Å². The minimum atomic E-state index is -0.0429. The van der Waals surface area contributed by atoms with Crippen molar-refractivity contribution in [1.29, 1.82) is 0 Å². The molecule has 2 aromatic carbocycles. The highest BCUT2D eigenvalue weighted by molar-refractivity contribution is 9.10. The molecule has 2 rings (SSSR count). The highest BCUT2D eigenvalue weighted by atomic mass is 79.9. The van der Waals surface area contributed by atoms with Crippen LogP contribution in [0.25, 0.3) is 0 Å². The average Bonchev–Trinajstić information content (AvgIpc) is 2.45. The van der Waals surface area contributed by atoms with Crippen LogP contribution in [0.3, 0.4) is 0 Å². The Balaban J connectivity index is 1.87. The number of hydrogen-bond acceptors (Lipinski definition) is 1. The summed E-state index contributed by atoms with van der Waals surface area (Å²) in [7, 11) is 0. The molecule has 1 atom stereocenters. The topological polar surface area (TPSA) is 29.1 Å². The fraction of sp³-hybridized carbons (Fsp3) is 0.235. The third-order valence-corrected chi connectivity index (χ3v) is 3.98. The molecular weight excluding hydrogens is 350 g/mol. The van der Waals surface area contributed by atoms with E-state index < -0.39 is 0 Å². The Hall–Kier alpha value is -1.32. The molecule has 4 heteroatoms. The Morgan fingerprint density at radius 1 is 1.24 bits per heavy atom. The van der Waals surface area contributed by atoms with Gasteiger partial charge in [0, 0.05) is 15.9 Å². The number of aryl methyl sites for hydroxylation is 1. The molecule has 1 unspecified atom stereocenters. The second kappa shape index (κ2) is 7.62. The zero-order valence-corrected chi connectivity index (χ0v) is 14.1. The number of amides is 1. The SMILES string of the molecule is CC(NC(=O)CCc1cccc(Br)c1)c1cccc(Cl)c1. The van der Waals surface area contributed by atoms with Crippen molar-refractivity contribution in [3.8, 4) is 0 Å². The van der Waals surface area contributed by atoms with Gasteiger partial charge in [0.05, 0.1) is 6.04 Å². The summed E-state index contributed by atoms with van der Waals surface area (Å²) >= 11 is 9.40. The van der Waals surface area contributed by atoms with E-state index in [-0.39, 0.29) is 11.9 Å². The van der Waals surface area contributed by atoms with Crippen molar-refractivity contribution in [2.24, 2.45) is 0 Å². The zero-order valence-electron chi connectivity index (χ0n) is 11.8. The Morgan fingerprint density at radius 3 is 2.71 bits per heavy atom. The molecule has 0 aliphatic heterocycles. The normalized spacial score (nSPS) is 12.0. The highest BCUT2D eigenvalue weighted by Crippen LogP contribution is 2.18.